The van der Waals surface area contributed by atoms with E-state index in [-0.39, 0.29) is 0 Å². The van der Waals surface area contributed by atoms with Crippen molar-refractivity contribution in [3.63, 3.8) is 0 Å². The topological polar surface area (TPSA) is 28.6 Å². The summed E-state index contributed by atoms with van der Waals surface area (Å²) < 4.78 is 0. The van der Waals surface area contributed by atoms with Gasteiger partial charge in [-0.15, -0.1) is 0 Å². The van der Waals surface area contributed by atoms with Gasteiger partial charge in [0.2, 0.25) is 0 Å². The van der Waals surface area contributed by atoms with Crippen LogP contribution < -0.4 is 10.9 Å². The van der Waals surface area contributed by atoms with Gasteiger partial charge in [0, 0.05) is 0 Å². The Kier molecular flexibility index (Phi) is 6.98. The maximum absolute atomic E-state index is 3.34. The molecule has 0 radical (unpaired) electrons. The summed E-state index contributed by atoms with van der Waals surface area (Å²) in [5, 5.41) is 0. The van der Waals surface area contributed by atoms with Gasteiger partial charge in [0.05, 0.1) is 13.1 Å². The Morgan fingerprint density at radius 1 is 1.40 bits per heavy atom. The molecule has 0 aliphatic carbocycles. The van der Waals surface area contributed by atoms with Crippen LogP contribution in [0.1, 0.15) is 39.5 Å². The van der Waals surface area contributed by atoms with Gasteiger partial charge >= 0.3 is 0 Å². The minimum Gasteiger partial charge on any atom is -0.271 e. The quantitative estimate of drug-likeness (QED) is 0.417. The van der Waals surface area contributed by atoms with Crippen molar-refractivity contribution in [1.29, 1.82) is 0 Å². The van der Waals surface area contributed by atoms with Crippen LogP contribution in [0, 0.1) is 0 Å². The molecule has 1 unspecified atom stereocenters. The van der Waals surface area contributed by atoms with Gasteiger partial charge in [-0.1, -0.05) is 26.7 Å². The van der Waals surface area contributed by atoms with Gasteiger partial charge in [-0.25, -0.2) is 0 Å². The normalized spacial score (nSPS) is 13.5. The number of quaternary nitrogens is 1. The van der Waals surface area contributed by atoms with Crippen LogP contribution in [0.15, 0.2) is 0 Å². The minimum atomic E-state index is 0.713. The first-order chi connectivity index (χ1) is 4.85. The van der Waals surface area contributed by atoms with Crippen LogP contribution in [-0.2, 0) is 0 Å². The summed E-state index contributed by atoms with van der Waals surface area (Å²) in [7, 11) is 2.05. The van der Waals surface area contributed by atoms with Crippen molar-refractivity contribution in [1.82, 2.24) is 5.43 Å². The Morgan fingerprint density at radius 2 is 2.10 bits per heavy atom. The van der Waals surface area contributed by atoms with Crippen molar-refractivity contribution < 1.29 is 5.43 Å². The van der Waals surface area contributed by atoms with Crippen LogP contribution in [0.2, 0.25) is 0 Å². The van der Waals surface area contributed by atoms with Crippen molar-refractivity contribution in [3.8, 4) is 0 Å². The summed E-state index contributed by atoms with van der Waals surface area (Å²) in [6, 6.07) is 0.713. The molecule has 0 saturated carbocycles. The molecule has 1 atom stereocenters. The van der Waals surface area contributed by atoms with Crippen molar-refractivity contribution in [2.45, 2.75) is 45.6 Å². The fourth-order valence-electron chi connectivity index (χ4n) is 1.09. The molecule has 0 aromatic carbocycles. The second kappa shape index (κ2) is 7.03. The fourth-order valence-corrected chi connectivity index (χ4v) is 1.09. The Labute approximate surface area is 64.4 Å². The van der Waals surface area contributed by atoms with Crippen LogP contribution >= 0.6 is 0 Å². The van der Waals surface area contributed by atoms with Gasteiger partial charge in [0.15, 0.2) is 0 Å². The van der Waals surface area contributed by atoms with E-state index in [9.17, 15) is 0 Å². The molecule has 0 heterocycles. The smallest absolute Gasteiger partial charge is 0.0825 e. The van der Waals surface area contributed by atoms with Crippen molar-refractivity contribution in [3.05, 3.63) is 0 Å². The number of nitrogens with one attached hydrogen (secondary N) is 1. The number of nitrogens with two attached hydrogens (primary N) is 1. The molecule has 3 N–H and O–H groups in total. The lowest BCUT2D eigenvalue weighted by Gasteiger charge is -2.11. The average Bonchev–Trinajstić information content (AvgIpc) is 1.98. The molecule has 2 nitrogen and oxygen atoms in total. The van der Waals surface area contributed by atoms with Crippen LogP contribution in [0.4, 0.5) is 0 Å². The molecular formula is C8H21N2+. The molecule has 10 heavy (non-hydrogen) atoms. The zero-order valence-corrected chi connectivity index (χ0v) is 7.48. The minimum absolute atomic E-state index is 0.713. The summed E-state index contributed by atoms with van der Waals surface area (Å²) in [4.78, 5) is 0. The Bertz CT molecular complexity index is 64.3. The zero-order chi connectivity index (χ0) is 7.82. The van der Waals surface area contributed by atoms with Gasteiger partial charge < -0.3 is 0 Å². The fraction of sp³-hybridized carbons (Fsp3) is 1.00. The summed E-state index contributed by atoms with van der Waals surface area (Å²) in [5.41, 5.74) is 5.39. The van der Waals surface area contributed by atoms with E-state index in [2.05, 4.69) is 26.3 Å². The Balaban J connectivity index is 3.21. The lowest BCUT2D eigenvalue weighted by Crippen LogP contribution is -2.91. The molecule has 0 aromatic rings. The molecular weight excluding hydrogens is 124 g/mol. The van der Waals surface area contributed by atoms with Gasteiger partial charge in [0.1, 0.15) is 0 Å². The molecule has 0 amide bonds. The molecule has 62 valence electrons. The first kappa shape index (κ1) is 9.92. The Morgan fingerprint density at radius 3 is 2.50 bits per heavy atom. The summed E-state index contributed by atoms with van der Waals surface area (Å²) >= 11 is 0. The molecule has 0 aliphatic rings. The van der Waals surface area contributed by atoms with Crippen LogP contribution in [0.25, 0.3) is 0 Å². The molecule has 0 aromatic heterocycles. The third kappa shape index (κ3) is 4.77. The predicted molar refractivity (Wildman–Crippen MR) is 44.6 cm³/mol. The second-order valence-corrected chi connectivity index (χ2v) is 2.70. The van der Waals surface area contributed by atoms with Gasteiger partial charge in [0.25, 0.3) is 0 Å². The molecule has 0 bridgehead atoms. The summed E-state index contributed by atoms with van der Waals surface area (Å²) in [6.45, 7) is 4.47. The van der Waals surface area contributed by atoms with Gasteiger partial charge in [-0.3, -0.25) is 5.43 Å². The van der Waals surface area contributed by atoms with E-state index >= 15 is 0 Å². The van der Waals surface area contributed by atoms with Crippen molar-refractivity contribution in [2.24, 2.45) is 0 Å². The first-order valence-electron chi connectivity index (χ1n) is 4.39. The highest BCUT2D eigenvalue weighted by molar-refractivity contribution is 4.57. The molecule has 0 fully saturated rings. The number of hydrogen-bond acceptors (Lipinski definition) is 1. The van der Waals surface area contributed by atoms with Crippen LogP contribution in [0.3, 0.4) is 0 Å². The highest BCUT2D eigenvalue weighted by Crippen LogP contribution is 2.01. The van der Waals surface area contributed by atoms with E-state index in [1.807, 2.05) is 5.43 Å². The maximum Gasteiger partial charge on any atom is 0.0825 e. The van der Waals surface area contributed by atoms with Crippen molar-refractivity contribution in [2.75, 3.05) is 7.05 Å². The monoisotopic (exact) mass is 145 g/mol. The molecule has 0 saturated heterocycles. The molecule has 0 aliphatic heterocycles. The van der Waals surface area contributed by atoms with Gasteiger partial charge in [-0.05, 0) is 12.8 Å². The predicted octanol–water partition coefficient (Wildman–Crippen LogP) is 0.653. The largest absolute Gasteiger partial charge is 0.271 e. The van der Waals surface area contributed by atoms with E-state index in [1.54, 1.807) is 0 Å². The third-order valence-electron chi connectivity index (χ3n) is 1.80. The van der Waals surface area contributed by atoms with E-state index in [0.717, 1.165) is 0 Å². The van der Waals surface area contributed by atoms with Crippen LogP contribution in [0.5, 0.6) is 0 Å². The van der Waals surface area contributed by atoms with Gasteiger partial charge in [-0.2, -0.15) is 5.43 Å². The highest BCUT2D eigenvalue weighted by atomic mass is 15.3. The number of rotatable bonds is 6. The summed E-state index contributed by atoms with van der Waals surface area (Å²) in [5.74, 6) is 0. The zero-order valence-electron chi connectivity index (χ0n) is 7.48. The number of hydrogen-bond donors (Lipinski definition) is 2. The summed E-state index contributed by atoms with van der Waals surface area (Å²) in [6.07, 6.45) is 5.21. The lowest BCUT2D eigenvalue weighted by atomic mass is 10.1. The van der Waals surface area contributed by atoms with E-state index in [1.165, 1.54) is 25.7 Å². The first-order valence-corrected chi connectivity index (χ1v) is 4.39. The lowest BCUT2D eigenvalue weighted by molar-refractivity contribution is -0.691. The van der Waals surface area contributed by atoms with E-state index in [0.29, 0.717) is 6.04 Å². The average molecular weight is 145 g/mol. The number of unbranched alkanes of at least 4 members (excludes halogenated alkanes) is 1. The molecule has 0 spiro atoms. The van der Waals surface area contributed by atoms with E-state index < -0.39 is 0 Å². The van der Waals surface area contributed by atoms with E-state index in [4.69, 9.17) is 0 Å². The highest BCUT2D eigenvalue weighted by Gasteiger charge is 2.03. The SMILES string of the molecule is CCCCC(CC)N[NH2+]C. The second-order valence-electron chi connectivity index (χ2n) is 2.70. The standard InChI is InChI=1S/C8H20N2/c1-4-6-7-8(5-2)10-9-3/h8-10H,4-7H2,1-3H3/p+1. The van der Waals surface area contributed by atoms with Crippen molar-refractivity contribution >= 4 is 0 Å². The molecule has 0 rings (SSSR count). The maximum atomic E-state index is 3.34. The van der Waals surface area contributed by atoms with Crippen LogP contribution in [-0.4, -0.2) is 13.1 Å². The third-order valence-corrected chi connectivity index (χ3v) is 1.80. The molecule has 2 heteroatoms. The Hall–Kier alpha value is -0.0800.